The zero-order valence-electron chi connectivity index (χ0n) is 10.8. The van der Waals surface area contributed by atoms with E-state index in [-0.39, 0.29) is 0 Å². The Labute approximate surface area is 117 Å². The monoisotopic (exact) mass is 270 g/mol. The van der Waals surface area contributed by atoms with Gasteiger partial charge in [0.15, 0.2) is 0 Å². The highest BCUT2D eigenvalue weighted by atomic mass is 32.1. The van der Waals surface area contributed by atoms with Crippen LogP contribution in [0.4, 0.5) is 0 Å². The number of nitrogens with one attached hydrogen (secondary N) is 1. The summed E-state index contributed by atoms with van der Waals surface area (Å²) >= 11 is 1.81. The summed E-state index contributed by atoms with van der Waals surface area (Å²) in [5.41, 5.74) is 6.18. The maximum atomic E-state index is 5.84. The number of aryl methyl sites for hydroxylation is 1. The Morgan fingerprint density at radius 3 is 2.89 bits per heavy atom. The minimum atomic E-state index is 0.321. The molecule has 19 heavy (non-hydrogen) atoms. The van der Waals surface area contributed by atoms with Gasteiger partial charge in [-0.05, 0) is 53.2 Å². The van der Waals surface area contributed by atoms with Crippen LogP contribution in [-0.2, 0) is 6.42 Å². The fraction of sp³-hybridized carbons (Fsp3) is 0.375. The Balaban J connectivity index is 1.66. The minimum Gasteiger partial charge on any atom is -0.271 e. The summed E-state index contributed by atoms with van der Waals surface area (Å²) in [4.78, 5) is 1.37. The molecule has 98 valence electrons. The molecule has 1 saturated carbocycles. The number of thiophene rings is 1. The van der Waals surface area contributed by atoms with Gasteiger partial charge in [-0.25, -0.2) is 0 Å². The number of hydrogen-bond donors (Lipinski definition) is 2. The van der Waals surface area contributed by atoms with E-state index in [1.807, 2.05) is 11.3 Å². The summed E-state index contributed by atoms with van der Waals surface area (Å²) in [6.07, 6.45) is 2.55. The van der Waals surface area contributed by atoms with E-state index >= 15 is 0 Å². The number of nitrogens with two attached hydrogens (primary N) is 1. The maximum Gasteiger partial charge on any atom is 0.0590 e. The molecule has 4 unspecified atom stereocenters. The van der Waals surface area contributed by atoms with E-state index in [4.69, 9.17) is 5.84 Å². The van der Waals surface area contributed by atoms with Crippen molar-refractivity contribution in [3.63, 3.8) is 0 Å². The van der Waals surface area contributed by atoms with Gasteiger partial charge in [0.25, 0.3) is 0 Å². The van der Waals surface area contributed by atoms with Gasteiger partial charge >= 0.3 is 0 Å². The molecule has 4 rings (SSSR count). The van der Waals surface area contributed by atoms with Crippen LogP contribution in [-0.4, -0.2) is 0 Å². The minimum absolute atomic E-state index is 0.321. The molecule has 0 saturated heterocycles. The molecule has 1 aromatic heterocycles. The molecule has 2 aliphatic carbocycles. The molecule has 1 aromatic carbocycles. The van der Waals surface area contributed by atoms with Crippen molar-refractivity contribution in [3.8, 4) is 0 Å². The maximum absolute atomic E-state index is 5.84. The molecular weight excluding hydrogens is 252 g/mol. The normalized spacial score (nSPS) is 29.4. The first-order valence-electron chi connectivity index (χ1n) is 6.97. The van der Waals surface area contributed by atoms with Gasteiger partial charge in [-0.3, -0.25) is 11.3 Å². The van der Waals surface area contributed by atoms with Crippen LogP contribution < -0.4 is 11.3 Å². The number of rotatable bonds is 3. The summed E-state index contributed by atoms with van der Waals surface area (Å²) in [6, 6.07) is 13.6. The van der Waals surface area contributed by atoms with Crippen LogP contribution in [0.2, 0.25) is 0 Å². The lowest BCUT2D eigenvalue weighted by molar-refractivity contribution is 0.466. The summed E-state index contributed by atoms with van der Waals surface area (Å²) in [5, 5.41) is 2.14. The Morgan fingerprint density at radius 1 is 1.21 bits per heavy atom. The van der Waals surface area contributed by atoms with Crippen LogP contribution in [0.1, 0.15) is 34.4 Å². The van der Waals surface area contributed by atoms with Crippen LogP contribution in [0.15, 0.2) is 41.8 Å². The highest BCUT2D eigenvalue weighted by Crippen LogP contribution is 2.64. The Morgan fingerprint density at radius 2 is 2.11 bits per heavy atom. The third kappa shape index (κ3) is 1.76. The molecule has 4 atom stereocenters. The third-order valence-electron chi connectivity index (χ3n) is 4.80. The first-order chi connectivity index (χ1) is 9.40. The van der Waals surface area contributed by atoms with E-state index < -0.39 is 0 Å². The zero-order valence-corrected chi connectivity index (χ0v) is 11.6. The molecule has 1 heterocycles. The molecule has 3 N–H and O–H groups in total. The SMILES string of the molecule is NNC(c1cccs1)C1C2CCc3ccccc3C21. The van der Waals surface area contributed by atoms with Gasteiger partial charge in [-0.2, -0.15) is 0 Å². The van der Waals surface area contributed by atoms with Crippen LogP contribution in [0.3, 0.4) is 0 Å². The van der Waals surface area contributed by atoms with Crippen LogP contribution in [0, 0.1) is 11.8 Å². The highest BCUT2D eigenvalue weighted by molar-refractivity contribution is 7.10. The van der Waals surface area contributed by atoms with Crippen molar-refractivity contribution >= 4 is 11.3 Å². The van der Waals surface area contributed by atoms with Gasteiger partial charge in [-0.1, -0.05) is 30.3 Å². The van der Waals surface area contributed by atoms with Gasteiger partial charge in [0.05, 0.1) is 6.04 Å². The second-order valence-electron chi connectivity index (χ2n) is 5.66. The molecule has 3 heteroatoms. The average molecular weight is 270 g/mol. The molecule has 0 radical (unpaired) electrons. The summed E-state index contributed by atoms with van der Waals surface area (Å²) in [6.45, 7) is 0. The van der Waals surface area contributed by atoms with Crippen LogP contribution in [0.25, 0.3) is 0 Å². The average Bonchev–Trinajstić information content (AvgIpc) is 2.92. The number of benzene rings is 1. The third-order valence-corrected chi connectivity index (χ3v) is 5.76. The number of hydrazine groups is 1. The van der Waals surface area contributed by atoms with E-state index in [1.165, 1.54) is 17.7 Å². The quantitative estimate of drug-likeness (QED) is 0.664. The molecule has 2 aromatic rings. The highest BCUT2D eigenvalue weighted by Gasteiger charge is 2.56. The smallest absolute Gasteiger partial charge is 0.0590 e. The number of hydrogen-bond acceptors (Lipinski definition) is 3. The Hall–Kier alpha value is -1.16. The fourth-order valence-electron chi connectivity index (χ4n) is 3.93. The largest absolute Gasteiger partial charge is 0.271 e. The van der Waals surface area contributed by atoms with Crippen molar-refractivity contribution < 1.29 is 0 Å². The topological polar surface area (TPSA) is 38.0 Å². The zero-order chi connectivity index (χ0) is 12.8. The lowest BCUT2D eigenvalue weighted by atomic mass is 9.92. The number of fused-ring (bicyclic) bond motifs is 3. The van der Waals surface area contributed by atoms with Crippen molar-refractivity contribution in [2.24, 2.45) is 17.7 Å². The Bertz CT molecular complexity index is 578. The van der Waals surface area contributed by atoms with E-state index in [9.17, 15) is 0 Å². The molecule has 0 aliphatic heterocycles. The van der Waals surface area contributed by atoms with Crippen molar-refractivity contribution in [3.05, 3.63) is 57.8 Å². The fourth-order valence-corrected chi connectivity index (χ4v) is 4.77. The van der Waals surface area contributed by atoms with E-state index in [0.29, 0.717) is 17.9 Å². The van der Waals surface area contributed by atoms with Crippen LogP contribution in [0.5, 0.6) is 0 Å². The first kappa shape index (κ1) is 11.6. The predicted molar refractivity (Wildman–Crippen MR) is 78.9 cm³/mol. The molecule has 0 amide bonds. The van der Waals surface area contributed by atoms with Gasteiger partial charge < -0.3 is 0 Å². The molecule has 0 spiro atoms. The Kier molecular flexibility index (Phi) is 2.72. The van der Waals surface area contributed by atoms with Gasteiger partial charge in [0, 0.05) is 4.88 Å². The molecular formula is C16H18N2S. The van der Waals surface area contributed by atoms with E-state index in [1.54, 1.807) is 11.1 Å². The standard InChI is InChI=1S/C16H18N2S/c17-18-16(13-6-3-9-19-13)15-12-8-7-10-4-1-2-5-11(10)14(12)15/h1-6,9,12,14-16,18H,7-8,17H2. The summed E-state index contributed by atoms with van der Waals surface area (Å²) in [7, 11) is 0. The lowest BCUT2D eigenvalue weighted by Crippen LogP contribution is -2.29. The molecule has 2 nitrogen and oxygen atoms in total. The first-order valence-corrected chi connectivity index (χ1v) is 7.85. The van der Waals surface area contributed by atoms with Crippen molar-refractivity contribution in [2.75, 3.05) is 0 Å². The van der Waals surface area contributed by atoms with Crippen LogP contribution >= 0.6 is 11.3 Å². The van der Waals surface area contributed by atoms with Gasteiger partial charge in [0.2, 0.25) is 0 Å². The van der Waals surface area contributed by atoms with E-state index in [2.05, 4.69) is 47.2 Å². The second-order valence-corrected chi connectivity index (χ2v) is 6.64. The molecule has 2 aliphatic rings. The predicted octanol–water partition coefficient (Wildman–Crippen LogP) is 3.23. The second kappa shape index (κ2) is 4.44. The van der Waals surface area contributed by atoms with Gasteiger partial charge in [-0.15, -0.1) is 11.3 Å². The van der Waals surface area contributed by atoms with Crippen molar-refractivity contribution in [2.45, 2.75) is 24.8 Å². The van der Waals surface area contributed by atoms with E-state index in [0.717, 1.165) is 5.92 Å². The molecule has 0 bridgehead atoms. The van der Waals surface area contributed by atoms with Crippen molar-refractivity contribution in [1.29, 1.82) is 0 Å². The molecule has 1 fully saturated rings. The van der Waals surface area contributed by atoms with Gasteiger partial charge in [0.1, 0.15) is 0 Å². The summed E-state index contributed by atoms with van der Waals surface area (Å²) < 4.78 is 0. The van der Waals surface area contributed by atoms with Crippen molar-refractivity contribution in [1.82, 2.24) is 5.43 Å². The lowest BCUT2D eigenvalue weighted by Gasteiger charge is -2.14. The summed E-state index contributed by atoms with van der Waals surface area (Å²) in [5.74, 6) is 8.04.